The number of nitrogens with zero attached hydrogens (tertiary/aromatic N) is 3. The smallest absolute Gasteiger partial charge is 0.262 e. The Bertz CT molecular complexity index is 1370. The van der Waals surface area contributed by atoms with Crippen LogP contribution in [0.4, 0.5) is 11.4 Å². The molecule has 0 atom stereocenters. The maximum Gasteiger partial charge on any atom is 0.262 e. The first-order valence-electron chi connectivity index (χ1n) is 11.4. The number of carbonyl (C=O) groups is 1. The third-order valence-corrected chi connectivity index (χ3v) is 6.98. The van der Waals surface area contributed by atoms with Crippen LogP contribution in [-0.4, -0.2) is 34.3 Å². The van der Waals surface area contributed by atoms with E-state index in [9.17, 15) is 9.59 Å². The Morgan fingerprint density at radius 2 is 1.94 bits per heavy atom. The van der Waals surface area contributed by atoms with Crippen LogP contribution in [0.25, 0.3) is 10.9 Å². The first-order valence-corrected chi connectivity index (χ1v) is 12.4. The molecule has 4 aromatic rings. The van der Waals surface area contributed by atoms with Crippen LogP contribution in [0.15, 0.2) is 75.2 Å². The van der Waals surface area contributed by atoms with E-state index in [2.05, 4.69) is 27.3 Å². The molecule has 7 nitrogen and oxygen atoms in total. The molecule has 1 N–H and O–H groups in total. The number of anilines is 2. The van der Waals surface area contributed by atoms with Gasteiger partial charge in [-0.1, -0.05) is 23.9 Å². The van der Waals surface area contributed by atoms with Gasteiger partial charge in [-0.25, -0.2) is 4.98 Å². The maximum atomic E-state index is 13.2. The van der Waals surface area contributed by atoms with Gasteiger partial charge in [-0.2, -0.15) is 0 Å². The van der Waals surface area contributed by atoms with Gasteiger partial charge in [0.05, 0.1) is 29.5 Å². The van der Waals surface area contributed by atoms with Gasteiger partial charge in [0.2, 0.25) is 5.91 Å². The van der Waals surface area contributed by atoms with Crippen LogP contribution in [0.2, 0.25) is 0 Å². The highest BCUT2D eigenvalue weighted by molar-refractivity contribution is 7.99. The summed E-state index contributed by atoms with van der Waals surface area (Å²) in [5.41, 5.74) is 3.48. The van der Waals surface area contributed by atoms with E-state index in [-0.39, 0.29) is 23.8 Å². The van der Waals surface area contributed by atoms with Gasteiger partial charge in [-0.05, 0) is 67.8 Å². The number of furan rings is 1. The highest BCUT2D eigenvalue weighted by Gasteiger charge is 2.16. The number of aryl methyl sites for hydroxylation is 1. The van der Waals surface area contributed by atoms with Crippen LogP contribution >= 0.6 is 11.8 Å². The molecule has 0 aliphatic carbocycles. The van der Waals surface area contributed by atoms with Crippen LogP contribution in [-0.2, 0) is 11.3 Å². The molecule has 0 radical (unpaired) electrons. The van der Waals surface area contributed by atoms with Crippen molar-refractivity contribution < 1.29 is 9.21 Å². The molecule has 2 aromatic carbocycles. The lowest BCUT2D eigenvalue weighted by molar-refractivity contribution is -0.113. The maximum absolute atomic E-state index is 13.2. The number of hydrogen-bond donors (Lipinski definition) is 1. The average Bonchev–Trinajstić information content (AvgIpc) is 3.56. The SMILES string of the molecule is Cc1cc(N2CCCC2)ccc1NC(=O)CSc1nc2ccccc2c(=O)n1Cc1ccco1. The second kappa shape index (κ2) is 9.77. The Hall–Kier alpha value is -3.52. The molecule has 1 aliphatic rings. The summed E-state index contributed by atoms with van der Waals surface area (Å²) >= 11 is 1.24. The van der Waals surface area contributed by atoms with Crippen LogP contribution in [0.1, 0.15) is 24.2 Å². The van der Waals surface area contributed by atoms with E-state index in [1.54, 1.807) is 23.0 Å². The molecule has 0 spiro atoms. The molecule has 1 amide bonds. The van der Waals surface area contributed by atoms with Crippen molar-refractivity contribution in [3.05, 3.63) is 82.5 Å². The second-order valence-corrected chi connectivity index (χ2v) is 9.35. The first kappa shape index (κ1) is 22.3. The Morgan fingerprint density at radius 3 is 2.71 bits per heavy atom. The molecule has 3 heterocycles. The summed E-state index contributed by atoms with van der Waals surface area (Å²) in [6.45, 7) is 4.43. The Kier molecular flexibility index (Phi) is 6.40. The Balaban J connectivity index is 1.33. The largest absolute Gasteiger partial charge is 0.467 e. The minimum absolute atomic E-state index is 0.135. The minimum atomic E-state index is -0.154. The van der Waals surface area contributed by atoms with Gasteiger partial charge in [0.1, 0.15) is 5.76 Å². The van der Waals surface area contributed by atoms with Gasteiger partial charge < -0.3 is 14.6 Å². The number of carbonyl (C=O) groups excluding carboxylic acids is 1. The van der Waals surface area contributed by atoms with Crippen molar-refractivity contribution >= 4 is 39.9 Å². The zero-order valence-corrected chi connectivity index (χ0v) is 19.8. The number of benzene rings is 2. The van der Waals surface area contributed by atoms with Crippen molar-refractivity contribution in [1.82, 2.24) is 9.55 Å². The second-order valence-electron chi connectivity index (χ2n) is 8.41. The summed E-state index contributed by atoms with van der Waals surface area (Å²) in [4.78, 5) is 33.0. The number of aromatic nitrogens is 2. The number of thioether (sulfide) groups is 1. The van der Waals surface area contributed by atoms with Crippen LogP contribution in [0.3, 0.4) is 0 Å². The lowest BCUT2D eigenvalue weighted by Crippen LogP contribution is -2.24. The summed E-state index contributed by atoms with van der Waals surface area (Å²) in [5, 5.41) is 4.02. The number of para-hydroxylation sites is 1. The molecule has 0 saturated carbocycles. The van der Waals surface area contributed by atoms with Gasteiger partial charge in [-0.3, -0.25) is 14.2 Å². The topological polar surface area (TPSA) is 80.4 Å². The summed E-state index contributed by atoms with van der Waals surface area (Å²) in [5.74, 6) is 0.643. The molecule has 174 valence electrons. The van der Waals surface area contributed by atoms with E-state index < -0.39 is 0 Å². The summed E-state index contributed by atoms with van der Waals surface area (Å²) < 4.78 is 7.01. The number of rotatable bonds is 7. The molecule has 1 fully saturated rings. The highest BCUT2D eigenvalue weighted by Crippen LogP contribution is 2.26. The molecule has 0 bridgehead atoms. The van der Waals surface area contributed by atoms with E-state index in [1.165, 1.54) is 30.3 Å². The monoisotopic (exact) mass is 474 g/mol. The molecule has 34 heavy (non-hydrogen) atoms. The number of nitrogens with one attached hydrogen (secondary N) is 1. The van der Waals surface area contributed by atoms with Crippen LogP contribution in [0, 0.1) is 6.92 Å². The van der Waals surface area contributed by atoms with Crippen LogP contribution in [0.5, 0.6) is 0 Å². The number of hydrogen-bond acceptors (Lipinski definition) is 6. The van der Waals surface area contributed by atoms with Crippen molar-refractivity contribution in [2.24, 2.45) is 0 Å². The van der Waals surface area contributed by atoms with Gasteiger partial charge >= 0.3 is 0 Å². The molecule has 1 aliphatic heterocycles. The zero-order valence-electron chi connectivity index (χ0n) is 19.0. The Morgan fingerprint density at radius 1 is 1.12 bits per heavy atom. The number of amides is 1. The van der Waals surface area contributed by atoms with Gasteiger partial charge in [0.25, 0.3) is 5.56 Å². The third-order valence-electron chi connectivity index (χ3n) is 6.01. The van der Waals surface area contributed by atoms with Gasteiger partial charge in [0.15, 0.2) is 5.16 Å². The van der Waals surface area contributed by atoms with Crippen molar-refractivity contribution in [1.29, 1.82) is 0 Å². The molecule has 8 heteroatoms. The standard InChI is InChI=1S/C26H26N4O3S/c1-18-15-19(29-12-4-5-13-29)10-11-22(18)27-24(31)17-34-26-28-23-9-3-2-8-21(23)25(32)30(26)16-20-7-6-14-33-20/h2-3,6-11,14-15H,4-5,12-13,16-17H2,1H3,(H,27,31). The molecule has 0 unspecified atom stereocenters. The normalized spacial score (nSPS) is 13.5. The third kappa shape index (κ3) is 4.72. The summed E-state index contributed by atoms with van der Waals surface area (Å²) in [6.07, 6.45) is 4.03. The predicted molar refractivity (Wildman–Crippen MR) is 136 cm³/mol. The molecule has 2 aromatic heterocycles. The van der Waals surface area contributed by atoms with Crippen molar-refractivity contribution in [2.75, 3.05) is 29.1 Å². The molecular weight excluding hydrogens is 448 g/mol. The fourth-order valence-electron chi connectivity index (χ4n) is 4.23. The summed E-state index contributed by atoms with van der Waals surface area (Å²) in [7, 11) is 0. The fourth-order valence-corrected chi connectivity index (χ4v) is 5.03. The average molecular weight is 475 g/mol. The van der Waals surface area contributed by atoms with E-state index in [0.717, 1.165) is 24.3 Å². The van der Waals surface area contributed by atoms with Gasteiger partial charge in [-0.15, -0.1) is 0 Å². The minimum Gasteiger partial charge on any atom is -0.467 e. The van der Waals surface area contributed by atoms with Crippen LogP contribution < -0.4 is 15.8 Å². The fraction of sp³-hybridized carbons (Fsp3) is 0.269. The van der Waals surface area contributed by atoms with Gasteiger partial charge in [0, 0.05) is 24.5 Å². The van der Waals surface area contributed by atoms with E-state index in [0.29, 0.717) is 21.8 Å². The summed E-state index contributed by atoms with van der Waals surface area (Å²) in [6, 6.07) is 17.0. The van der Waals surface area contributed by atoms with E-state index >= 15 is 0 Å². The quantitative estimate of drug-likeness (QED) is 0.310. The molecule has 1 saturated heterocycles. The first-order chi connectivity index (χ1) is 16.6. The lowest BCUT2D eigenvalue weighted by Gasteiger charge is -2.19. The van der Waals surface area contributed by atoms with Crippen molar-refractivity contribution in [3.63, 3.8) is 0 Å². The Labute approximate surface area is 201 Å². The lowest BCUT2D eigenvalue weighted by atomic mass is 10.1. The van der Waals surface area contributed by atoms with Crippen molar-refractivity contribution in [2.45, 2.75) is 31.5 Å². The molecular formula is C26H26N4O3S. The predicted octanol–water partition coefficient (Wildman–Crippen LogP) is 4.68. The molecule has 5 rings (SSSR count). The number of fused-ring (bicyclic) bond motifs is 1. The van der Waals surface area contributed by atoms with E-state index in [1.807, 2.05) is 37.3 Å². The highest BCUT2D eigenvalue weighted by atomic mass is 32.2. The van der Waals surface area contributed by atoms with Crippen molar-refractivity contribution in [3.8, 4) is 0 Å². The zero-order chi connectivity index (χ0) is 23.5. The van der Waals surface area contributed by atoms with E-state index in [4.69, 9.17) is 4.42 Å².